The Morgan fingerprint density at radius 3 is 2.92 bits per heavy atom. The quantitative estimate of drug-likeness (QED) is 0.724. The monoisotopic (exact) mass is 330 g/mol. The van der Waals surface area contributed by atoms with Gasteiger partial charge in [-0.1, -0.05) is 18.2 Å². The number of hydrogen-bond donors (Lipinski definition) is 2. The minimum atomic E-state index is -0.507. The fourth-order valence-corrected chi connectivity index (χ4v) is 2.26. The maximum Gasteiger partial charge on any atom is 0.417 e. The Kier molecular flexibility index (Phi) is 4.60. The molecule has 0 radical (unpaired) electrons. The molecule has 3 rings (SSSR count). The maximum absolute atomic E-state index is 13.4. The summed E-state index contributed by atoms with van der Waals surface area (Å²) in [6.45, 7) is 0.141. The van der Waals surface area contributed by atoms with Crippen molar-refractivity contribution < 1.29 is 18.3 Å². The van der Waals surface area contributed by atoms with Gasteiger partial charge in [0.2, 0.25) is 0 Å². The Hall–Kier alpha value is -3.09. The summed E-state index contributed by atoms with van der Waals surface area (Å²) in [6.07, 6.45) is 0.578. The Labute approximate surface area is 136 Å². The van der Waals surface area contributed by atoms with Crippen LogP contribution < -0.4 is 15.8 Å². The van der Waals surface area contributed by atoms with Gasteiger partial charge in [-0.05, 0) is 36.2 Å². The number of oxazole rings is 1. The van der Waals surface area contributed by atoms with Gasteiger partial charge >= 0.3 is 5.76 Å². The van der Waals surface area contributed by atoms with Crippen molar-refractivity contribution >= 4 is 17.0 Å². The van der Waals surface area contributed by atoms with Gasteiger partial charge in [0.05, 0.1) is 5.52 Å². The summed E-state index contributed by atoms with van der Waals surface area (Å²) in [4.78, 5) is 25.4. The number of nitrogens with one attached hydrogen (secondary N) is 2. The highest BCUT2D eigenvalue weighted by Crippen LogP contribution is 2.15. The lowest BCUT2D eigenvalue weighted by atomic mass is 10.1. The third kappa shape index (κ3) is 3.81. The Bertz CT molecular complexity index is 916. The molecule has 124 valence electrons. The van der Waals surface area contributed by atoms with Crippen LogP contribution >= 0.6 is 0 Å². The summed E-state index contributed by atoms with van der Waals surface area (Å²) in [7, 11) is 0. The smallest absolute Gasteiger partial charge is 0.417 e. The number of aromatic nitrogens is 1. The minimum Gasteiger partial charge on any atom is -0.481 e. The molecular formula is C17H15FN2O4. The van der Waals surface area contributed by atoms with E-state index in [1.54, 1.807) is 24.3 Å². The van der Waals surface area contributed by atoms with Gasteiger partial charge < -0.3 is 14.5 Å². The van der Waals surface area contributed by atoms with E-state index in [2.05, 4.69) is 10.3 Å². The van der Waals surface area contributed by atoms with Crippen molar-refractivity contribution in [2.24, 2.45) is 0 Å². The van der Waals surface area contributed by atoms with Crippen LogP contribution in [0.25, 0.3) is 11.1 Å². The van der Waals surface area contributed by atoms with Gasteiger partial charge in [-0.2, -0.15) is 0 Å². The fourth-order valence-electron chi connectivity index (χ4n) is 2.26. The first-order chi connectivity index (χ1) is 11.6. The van der Waals surface area contributed by atoms with Crippen molar-refractivity contribution in [1.29, 1.82) is 0 Å². The molecule has 0 aliphatic carbocycles. The number of ether oxygens (including phenoxy) is 1. The van der Waals surface area contributed by atoms with Crippen LogP contribution in [0.1, 0.15) is 5.56 Å². The molecule has 0 fully saturated rings. The van der Waals surface area contributed by atoms with Crippen LogP contribution in [-0.4, -0.2) is 24.0 Å². The first-order valence-corrected chi connectivity index (χ1v) is 7.37. The number of rotatable bonds is 6. The first-order valence-electron chi connectivity index (χ1n) is 7.37. The van der Waals surface area contributed by atoms with Crippen molar-refractivity contribution in [1.82, 2.24) is 10.3 Å². The lowest BCUT2D eigenvalue weighted by Crippen LogP contribution is -2.30. The molecule has 0 bridgehead atoms. The summed E-state index contributed by atoms with van der Waals surface area (Å²) >= 11 is 0. The van der Waals surface area contributed by atoms with Crippen LogP contribution in [-0.2, 0) is 11.2 Å². The van der Waals surface area contributed by atoms with E-state index in [-0.39, 0.29) is 18.3 Å². The number of halogens is 1. The molecule has 1 aromatic heterocycles. The van der Waals surface area contributed by atoms with Gasteiger partial charge in [0.1, 0.15) is 0 Å². The van der Waals surface area contributed by atoms with Gasteiger partial charge in [-0.15, -0.1) is 0 Å². The lowest BCUT2D eigenvalue weighted by Gasteiger charge is -2.08. The minimum absolute atomic E-state index is 0.0435. The van der Waals surface area contributed by atoms with Crippen LogP contribution in [0, 0.1) is 5.82 Å². The average Bonchev–Trinajstić information content (AvgIpc) is 2.93. The fraction of sp³-hybridized carbons (Fsp3) is 0.176. The SMILES string of the molecule is O=C(COc1ccccc1F)NCCc1ccc2oc(=O)[nH]c2c1. The largest absolute Gasteiger partial charge is 0.481 e. The summed E-state index contributed by atoms with van der Waals surface area (Å²) in [5.74, 6) is -1.30. The molecule has 0 unspecified atom stereocenters. The zero-order valence-electron chi connectivity index (χ0n) is 12.7. The molecule has 0 saturated carbocycles. The second-order valence-electron chi connectivity index (χ2n) is 5.16. The number of amides is 1. The van der Waals surface area contributed by atoms with Crippen molar-refractivity contribution in [3.63, 3.8) is 0 Å². The van der Waals surface area contributed by atoms with E-state index in [4.69, 9.17) is 9.15 Å². The van der Waals surface area contributed by atoms with Gasteiger partial charge in [0, 0.05) is 6.54 Å². The molecule has 6 nitrogen and oxygen atoms in total. The number of benzene rings is 2. The number of para-hydroxylation sites is 1. The second-order valence-corrected chi connectivity index (χ2v) is 5.16. The number of aromatic amines is 1. The molecule has 24 heavy (non-hydrogen) atoms. The second kappa shape index (κ2) is 6.99. The van der Waals surface area contributed by atoms with E-state index in [0.717, 1.165) is 5.56 Å². The van der Waals surface area contributed by atoms with Crippen molar-refractivity contribution in [2.45, 2.75) is 6.42 Å². The van der Waals surface area contributed by atoms with E-state index in [9.17, 15) is 14.0 Å². The number of hydrogen-bond acceptors (Lipinski definition) is 4. The predicted octanol–water partition coefficient (Wildman–Crippen LogP) is 2.00. The Balaban J connectivity index is 1.47. The molecule has 1 heterocycles. The number of carbonyl (C=O) groups is 1. The lowest BCUT2D eigenvalue weighted by molar-refractivity contribution is -0.123. The Morgan fingerprint density at radius 2 is 2.08 bits per heavy atom. The Morgan fingerprint density at radius 1 is 1.25 bits per heavy atom. The molecule has 0 saturated heterocycles. The van der Waals surface area contributed by atoms with E-state index in [1.807, 2.05) is 6.07 Å². The predicted molar refractivity (Wildman–Crippen MR) is 85.4 cm³/mol. The molecule has 1 amide bonds. The van der Waals surface area contributed by atoms with Gasteiger partial charge in [0.15, 0.2) is 23.8 Å². The molecular weight excluding hydrogens is 315 g/mol. The average molecular weight is 330 g/mol. The number of H-pyrrole nitrogens is 1. The van der Waals surface area contributed by atoms with Crippen LogP contribution in [0.5, 0.6) is 5.75 Å². The van der Waals surface area contributed by atoms with Crippen molar-refractivity contribution in [3.05, 3.63) is 64.4 Å². The topological polar surface area (TPSA) is 84.3 Å². The zero-order valence-corrected chi connectivity index (χ0v) is 12.7. The highest BCUT2D eigenvalue weighted by molar-refractivity contribution is 5.77. The summed E-state index contributed by atoms with van der Waals surface area (Å²) in [5, 5.41) is 2.69. The van der Waals surface area contributed by atoms with E-state index in [0.29, 0.717) is 24.1 Å². The molecule has 0 atom stereocenters. The summed E-state index contributed by atoms with van der Waals surface area (Å²) < 4.78 is 23.4. The van der Waals surface area contributed by atoms with Crippen LogP contribution in [0.3, 0.4) is 0 Å². The first kappa shape index (κ1) is 15.8. The molecule has 3 aromatic rings. The van der Waals surface area contributed by atoms with E-state index in [1.165, 1.54) is 12.1 Å². The normalized spacial score (nSPS) is 10.7. The van der Waals surface area contributed by atoms with E-state index < -0.39 is 11.6 Å². The maximum atomic E-state index is 13.4. The van der Waals surface area contributed by atoms with Gasteiger partial charge in [-0.3, -0.25) is 9.78 Å². The number of fused-ring (bicyclic) bond motifs is 1. The highest BCUT2D eigenvalue weighted by Gasteiger charge is 2.06. The van der Waals surface area contributed by atoms with Gasteiger partial charge in [0.25, 0.3) is 5.91 Å². The number of carbonyl (C=O) groups excluding carboxylic acids is 1. The van der Waals surface area contributed by atoms with Crippen molar-refractivity contribution in [3.8, 4) is 5.75 Å². The summed E-state index contributed by atoms with van der Waals surface area (Å²) in [5.41, 5.74) is 2.05. The van der Waals surface area contributed by atoms with Crippen LogP contribution in [0.15, 0.2) is 51.7 Å². The third-order valence-corrected chi connectivity index (χ3v) is 3.41. The molecule has 2 aromatic carbocycles. The third-order valence-electron chi connectivity index (χ3n) is 3.41. The van der Waals surface area contributed by atoms with Crippen LogP contribution in [0.4, 0.5) is 4.39 Å². The van der Waals surface area contributed by atoms with E-state index >= 15 is 0 Å². The highest BCUT2D eigenvalue weighted by atomic mass is 19.1. The van der Waals surface area contributed by atoms with Crippen LogP contribution in [0.2, 0.25) is 0 Å². The molecule has 0 aliphatic heterocycles. The van der Waals surface area contributed by atoms with Gasteiger partial charge in [-0.25, -0.2) is 9.18 Å². The van der Waals surface area contributed by atoms with Crippen molar-refractivity contribution in [2.75, 3.05) is 13.2 Å². The molecule has 0 aliphatic rings. The zero-order chi connectivity index (χ0) is 16.9. The summed E-state index contributed by atoms with van der Waals surface area (Å²) in [6, 6.07) is 11.2. The standard InChI is InChI=1S/C17H15FN2O4/c18-12-3-1-2-4-14(12)23-10-16(21)19-8-7-11-5-6-15-13(9-11)20-17(22)24-15/h1-6,9H,7-8,10H2,(H,19,21)(H,20,22). The molecule has 2 N–H and O–H groups in total. The molecule has 0 spiro atoms. The molecule has 7 heteroatoms.